The Morgan fingerprint density at radius 2 is 1.93 bits per heavy atom. The Hall–Kier alpha value is 0.0600. The lowest BCUT2D eigenvalue weighted by Crippen LogP contribution is -2.65. The summed E-state index contributed by atoms with van der Waals surface area (Å²) < 4.78 is 23.2. The van der Waals surface area contributed by atoms with Gasteiger partial charge in [0.1, 0.15) is 0 Å². The van der Waals surface area contributed by atoms with E-state index in [0.29, 0.717) is 6.42 Å². The number of halogens is 1. The number of carbonyl (C=O) groups is 1. The molecule has 0 aliphatic carbocycles. The van der Waals surface area contributed by atoms with Gasteiger partial charge in [-0.15, -0.1) is 0 Å². The van der Waals surface area contributed by atoms with E-state index in [4.69, 9.17) is 10.7 Å². The first-order valence-corrected chi connectivity index (χ1v) is 7.73. The molecule has 1 spiro atoms. The Balaban J connectivity index is 2.26. The number of rotatable bonds is 1. The maximum Gasteiger partial charge on any atom is 0.324 e. The van der Waals surface area contributed by atoms with E-state index in [1.54, 1.807) is 11.8 Å². The Morgan fingerprint density at radius 1 is 1.36 bits per heavy atom. The van der Waals surface area contributed by atoms with Gasteiger partial charge in [0.15, 0.2) is 0 Å². The van der Waals surface area contributed by atoms with E-state index in [-0.39, 0.29) is 5.91 Å². The largest absolute Gasteiger partial charge is 0.324 e. The summed E-state index contributed by atoms with van der Waals surface area (Å²) in [4.78, 5) is 11.2. The lowest BCUT2D eigenvalue weighted by atomic mass is 9.81. The molecule has 0 bridgehead atoms. The second-order valence-electron chi connectivity index (χ2n) is 3.61. The van der Waals surface area contributed by atoms with Crippen LogP contribution < -0.4 is 0 Å². The number of hydrogen-bond acceptors (Lipinski definition) is 4. The molecule has 0 N–H and O–H groups in total. The fourth-order valence-corrected chi connectivity index (χ4v) is 5.02. The molecule has 4 nitrogen and oxygen atoms in total. The number of hydrogen-bond donors (Lipinski definition) is 0. The maximum atomic E-state index is 11.2. The van der Waals surface area contributed by atoms with E-state index in [2.05, 4.69) is 0 Å². The van der Waals surface area contributed by atoms with Gasteiger partial charge >= 0.3 is 9.24 Å². The zero-order valence-electron chi connectivity index (χ0n) is 7.40. The van der Waals surface area contributed by atoms with Crippen molar-refractivity contribution >= 4 is 37.6 Å². The van der Waals surface area contributed by atoms with Crippen LogP contribution in [0.4, 0.5) is 0 Å². The topological polar surface area (TPSA) is 54.5 Å². The van der Waals surface area contributed by atoms with Gasteiger partial charge in [0.05, 0.1) is 12.0 Å². The number of nitrogens with zero attached hydrogens (tertiary/aromatic N) is 1. The molecule has 80 valence electrons. The standard InChI is InChI=1S/C7H10ClNO3S2/c8-14(11,12)9-6(10)5-7(9)1-3-13-4-2-7/h1-5H2. The van der Waals surface area contributed by atoms with Crippen LogP contribution in [-0.2, 0) is 14.0 Å². The summed E-state index contributed by atoms with van der Waals surface area (Å²) in [5.74, 6) is 1.43. The van der Waals surface area contributed by atoms with E-state index in [1.807, 2.05) is 0 Å². The first kappa shape index (κ1) is 10.6. The third-order valence-corrected chi connectivity index (χ3v) is 5.21. The summed E-state index contributed by atoms with van der Waals surface area (Å²) in [6, 6.07) is 0. The number of carbonyl (C=O) groups excluding carboxylic acids is 1. The van der Waals surface area contributed by atoms with Crippen LogP contribution in [0, 0.1) is 0 Å². The van der Waals surface area contributed by atoms with Crippen LogP contribution in [0.1, 0.15) is 19.3 Å². The molecule has 2 heterocycles. The molecule has 7 heteroatoms. The molecule has 0 aromatic heterocycles. The van der Waals surface area contributed by atoms with E-state index >= 15 is 0 Å². The van der Waals surface area contributed by atoms with Crippen molar-refractivity contribution < 1.29 is 13.2 Å². The average molecular weight is 256 g/mol. The van der Waals surface area contributed by atoms with Crippen molar-refractivity contribution in [2.75, 3.05) is 11.5 Å². The minimum absolute atomic E-state index is 0.333. The quantitative estimate of drug-likeness (QED) is 0.518. The van der Waals surface area contributed by atoms with Gasteiger partial charge in [0.25, 0.3) is 0 Å². The summed E-state index contributed by atoms with van der Waals surface area (Å²) in [5.41, 5.74) is -0.483. The molecule has 0 atom stereocenters. The van der Waals surface area contributed by atoms with Gasteiger partial charge in [-0.1, -0.05) is 0 Å². The highest BCUT2D eigenvalue weighted by atomic mass is 35.7. The molecule has 2 aliphatic rings. The molecular formula is C7H10ClNO3S2. The molecule has 0 aromatic rings. The van der Waals surface area contributed by atoms with Crippen molar-refractivity contribution in [1.82, 2.24) is 4.31 Å². The summed E-state index contributed by atoms with van der Waals surface area (Å²) in [7, 11) is 1.35. The van der Waals surface area contributed by atoms with Gasteiger partial charge in [-0.2, -0.15) is 20.2 Å². The summed E-state index contributed by atoms with van der Waals surface area (Å²) in [6.07, 6.45) is 1.80. The van der Waals surface area contributed by atoms with Crippen molar-refractivity contribution in [3.63, 3.8) is 0 Å². The minimum Gasteiger partial charge on any atom is -0.274 e. The van der Waals surface area contributed by atoms with E-state index < -0.39 is 14.8 Å². The van der Waals surface area contributed by atoms with Crippen LogP contribution in [0.25, 0.3) is 0 Å². The smallest absolute Gasteiger partial charge is 0.274 e. The van der Waals surface area contributed by atoms with Crippen LogP contribution in [-0.4, -0.2) is 35.7 Å². The summed E-state index contributed by atoms with van der Waals surface area (Å²) in [6.45, 7) is 0. The number of thioether (sulfide) groups is 1. The second kappa shape index (κ2) is 3.28. The number of β-lactam (4-membered cyclic amide) rings is 1. The van der Waals surface area contributed by atoms with Gasteiger partial charge in [-0.25, -0.2) is 4.31 Å². The fourth-order valence-electron chi connectivity index (χ4n) is 2.08. The van der Waals surface area contributed by atoms with Crippen molar-refractivity contribution in [3.05, 3.63) is 0 Å². The zero-order chi connectivity index (χ0) is 10.4. The SMILES string of the molecule is O=C1CC2(CCSCC2)N1S(=O)(=O)Cl. The summed E-state index contributed by atoms with van der Waals surface area (Å²) >= 11 is 1.78. The third kappa shape index (κ3) is 1.53. The van der Waals surface area contributed by atoms with Gasteiger partial charge in [0, 0.05) is 10.7 Å². The van der Waals surface area contributed by atoms with Crippen LogP contribution in [0.2, 0.25) is 0 Å². The average Bonchev–Trinajstić information content (AvgIpc) is 2.01. The minimum atomic E-state index is -3.88. The maximum absolute atomic E-state index is 11.2. The third-order valence-electron chi connectivity index (χ3n) is 2.78. The molecule has 0 aromatic carbocycles. The van der Waals surface area contributed by atoms with Crippen molar-refractivity contribution in [2.24, 2.45) is 0 Å². The van der Waals surface area contributed by atoms with Crippen molar-refractivity contribution in [2.45, 2.75) is 24.8 Å². The predicted octanol–water partition coefficient (Wildman–Crippen LogP) is 0.968. The normalized spacial score (nSPS) is 26.4. The van der Waals surface area contributed by atoms with Gasteiger partial charge in [0.2, 0.25) is 5.91 Å². The second-order valence-corrected chi connectivity index (χ2v) is 7.20. The molecule has 2 aliphatic heterocycles. The van der Waals surface area contributed by atoms with Gasteiger partial charge < -0.3 is 0 Å². The molecule has 0 saturated carbocycles. The van der Waals surface area contributed by atoms with Crippen LogP contribution in [0.5, 0.6) is 0 Å². The van der Waals surface area contributed by atoms with Crippen LogP contribution >= 0.6 is 22.4 Å². The molecule has 0 unspecified atom stereocenters. The monoisotopic (exact) mass is 255 g/mol. The van der Waals surface area contributed by atoms with Gasteiger partial charge in [-0.05, 0) is 24.3 Å². The Bertz CT molecular complexity index is 361. The Labute approximate surface area is 91.5 Å². The molecule has 2 saturated heterocycles. The summed E-state index contributed by atoms with van der Waals surface area (Å²) in [5, 5.41) is 0. The lowest BCUT2D eigenvalue weighted by molar-refractivity contribution is -0.145. The van der Waals surface area contributed by atoms with Crippen LogP contribution in [0.3, 0.4) is 0 Å². The van der Waals surface area contributed by atoms with Crippen molar-refractivity contribution in [1.29, 1.82) is 0 Å². The fraction of sp³-hybridized carbons (Fsp3) is 0.857. The molecule has 0 radical (unpaired) electrons. The first-order valence-electron chi connectivity index (χ1n) is 4.31. The highest BCUT2D eigenvalue weighted by Crippen LogP contribution is 2.45. The van der Waals surface area contributed by atoms with E-state index in [0.717, 1.165) is 28.7 Å². The highest BCUT2D eigenvalue weighted by Gasteiger charge is 2.56. The zero-order valence-corrected chi connectivity index (χ0v) is 9.79. The molecular weight excluding hydrogens is 246 g/mol. The molecule has 1 amide bonds. The molecule has 2 fully saturated rings. The first-order chi connectivity index (χ1) is 6.46. The highest BCUT2D eigenvalue weighted by molar-refractivity contribution is 8.12. The van der Waals surface area contributed by atoms with Gasteiger partial charge in [-0.3, -0.25) is 4.79 Å². The predicted molar refractivity (Wildman–Crippen MR) is 55.5 cm³/mol. The van der Waals surface area contributed by atoms with E-state index in [1.165, 1.54) is 0 Å². The van der Waals surface area contributed by atoms with E-state index in [9.17, 15) is 13.2 Å². The Kier molecular flexibility index (Phi) is 2.48. The molecule has 14 heavy (non-hydrogen) atoms. The van der Waals surface area contributed by atoms with Crippen molar-refractivity contribution in [3.8, 4) is 0 Å². The number of amides is 1. The molecule has 2 rings (SSSR count). The lowest BCUT2D eigenvalue weighted by Gasteiger charge is -2.51. The Morgan fingerprint density at radius 3 is 2.36 bits per heavy atom. The van der Waals surface area contributed by atoms with Crippen LogP contribution in [0.15, 0.2) is 0 Å².